The molecule has 0 fully saturated rings. The average molecular weight is 169 g/mol. The van der Waals surface area contributed by atoms with Crippen LogP contribution >= 0.6 is 0 Å². The van der Waals surface area contributed by atoms with E-state index in [2.05, 4.69) is 11.9 Å². The fourth-order valence-corrected chi connectivity index (χ4v) is 0.694. The van der Waals surface area contributed by atoms with E-state index in [1.54, 1.807) is 12.2 Å². The highest BCUT2D eigenvalue weighted by molar-refractivity contribution is 5.25. The van der Waals surface area contributed by atoms with Gasteiger partial charge in [0, 0.05) is 0 Å². The third-order valence-electron chi connectivity index (χ3n) is 1.45. The van der Waals surface area contributed by atoms with Crippen LogP contribution in [0.25, 0.3) is 0 Å². The zero-order valence-electron chi connectivity index (χ0n) is 7.73. The molecule has 1 nitrogen and oxygen atoms in total. The van der Waals surface area contributed by atoms with Crippen molar-refractivity contribution in [2.45, 2.75) is 13.3 Å². The molecule has 0 saturated heterocycles. The van der Waals surface area contributed by atoms with Crippen LogP contribution in [0.3, 0.4) is 0 Å². The van der Waals surface area contributed by atoms with Gasteiger partial charge >= 0.3 is 0 Å². The summed E-state index contributed by atoms with van der Waals surface area (Å²) in [4.78, 5) is 0. The van der Waals surface area contributed by atoms with Crippen LogP contribution in [0.2, 0.25) is 0 Å². The van der Waals surface area contributed by atoms with Crippen molar-refractivity contribution in [1.29, 1.82) is 0 Å². The monoisotopic (exact) mass is 169 g/mol. The van der Waals surface area contributed by atoms with E-state index in [0.717, 1.165) is 6.54 Å². The SMILES string of the molecule is C=C(CCNC)/C(F)=C\C=C/C. The molecule has 0 unspecified atom stereocenters. The highest BCUT2D eigenvalue weighted by atomic mass is 19.1. The summed E-state index contributed by atoms with van der Waals surface area (Å²) in [7, 11) is 1.83. The molecule has 0 aromatic rings. The Morgan fingerprint density at radius 1 is 1.58 bits per heavy atom. The topological polar surface area (TPSA) is 12.0 Å². The third kappa shape index (κ3) is 4.85. The van der Waals surface area contributed by atoms with Gasteiger partial charge in [0.15, 0.2) is 0 Å². The first-order valence-electron chi connectivity index (χ1n) is 4.03. The second-order valence-corrected chi connectivity index (χ2v) is 2.50. The van der Waals surface area contributed by atoms with E-state index >= 15 is 0 Å². The molecule has 0 aliphatic carbocycles. The Bertz CT molecular complexity index is 192. The molecule has 2 heteroatoms. The highest BCUT2D eigenvalue weighted by Gasteiger charge is 1.98. The normalized spacial score (nSPS) is 12.4. The van der Waals surface area contributed by atoms with Crippen LogP contribution < -0.4 is 5.32 Å². The van der Waals surface area contributed by atoms with Gasteiger partial charge in [-0.15, -0.1) is 0 Å². The van der Waals surface area contributed by atoms with E-state index in [0.29, 0.717) is 12.0 Å². The van der Waals surface area contributed by atoms with E-state index < -0.39 is 0 Å². The maximum absolute atomic E-state index is 13.0. The number of rotatable bonds is 5. The van der Waals surface area contributed by atoms with E-state index in [1.807, 2.05) is 14.0 Å². The number of nitrogens with one attached hydrogen (secondary N) is 1. The fourth-order valence-electron chi connectivity index (χ4n) is 0.694. The molecule has 0 spiro atoms. The molecule has 0 bridgehead atoms. The van der Waals surface area contributed by atoms with Crippen molar-refractivity contribution in [3.05, 3.63) is 36.2 Å². The molecule has 0 aliphatic rings. The summed E-state index contributed by atoms with van der Waals surface area (Å²) in [5.41, 5.74) is 0.544. The van der Waals surface area contributed by atoms with Crippen LogP contribution in [0.4, 0.5) is 4.39 Å². The molecule has 0 radical (unpaired) electrons. The molecule has 68 valence electrons. The van der Waals surface area contributed by atoms with E-state index in [-0.39, 0.29) is 5.83 Å². The minimum absolute atomic E-state index is 0.233. The van der Waals surface area contributed by atoms with Gasteiger partial charge < -0.3 is 5.32 Å². The first kappa shape index (κ1) is 11.1. The molecular formula is C10H16FN. The minimum atomic E-state index is -0.233. The van der Waals surface area contributed by atoms with Crippen molar-refractivity contribution in [1.82, 2.24) is 5.32 Å². The summed E-state index contributed by atoms with van der Waals surface area (Å²) < 4.78 is 13.0. The Hall–Kier alpha value is -0.890. The standard InChI is InChI=1S/C10H16FN/c1-4-5-6-10(11)9(2)7-8-12-3/h4-6,12H,2,7-8H2,1,3H3/b5-4-,10-6+. The first-order chi connectivity index (χ1) is 5.72. The van der Waals surface area contributed by atoms with Gasteiger partial charge in [-0.3, -0.25) is 0 Å². The fraction of sp³-hybridized carbons (Fsp3) is 0.400. The van der Waals surface area contributed by atoms with Gasteiger partial charge in [-0.2, -0.15) is 0 Å². The second-order valence-electron chi connectivity index (χ2n) is 2.50. The zero-order valence-corrected chi connectivity index (χ0v) is 7.73. The Morgan fingerprint density at radius 3 is 2.75 bits per heavy atom. The van der Waals surface area contributed by atoms with E-state index in [9.17, 15) is 4.39 Å². The van der Waals surface area contributed by atoms with Crippen molar-refractivity contribution in [3.8, 4) is 0 Å². The van der Waals surface area contributed by atoms with Gasteiger partial charge in [0.2, 0.25) is 0 Å². The van der Waals surface area contributed by atoms with Gasteiger partial charge in [-0.05, 0) is 38.6 Å². The molecule has 0 aromatic carbocycles. The highest BCUT2D eigenvalue weighted by Crippen LogP contribution is 2.12. The Kier molecular flexibility index (Phi) is 6.29. The number of halogens is 1. The molecule has 12 heavy (non-hydrogen) atoms. The van der Waals surface area contributed by atoms with Crippen LogP contribution in [-0.2, 0) is 0 Å². The molecule has 0 amide bonds. The number of allylic oxidation sites excluding steroid dienone is 4. The zero-order chi connectivity index (χ0) is 9.40. The lowest BCUT2D eigenvalue weighted by Gasteiger charge is -2.00. The molecule has 0 rings (SSSR count). The predicted octanol–water partition coefficient (Wildman–Crippen LogP) is 2.58. The number of hydrogen-bond acceptors (Lipinski definition) is 1. The van der Waals surface area contributed by atoms with Gasteiger partial charge in [-0.1, -0.05) is 18.7 Å². The van der Waals surface area contributed by atoms with Gasteiger partial charge in [0.05, 0.1) is 0 Å². The summed E-state index contributed by atoms with van der Waals surface area (Å²) in [6, 6.07) is 0. The van der Waals surface area contributed by atoms with E-state index in [1.165, 1.54) is 6.08 Å². The molecule has 0 heterocycles. The lowest BCUT2D eigenvalue weighted by atomic mass is 10.2. The van der Waals surface area contributed by atoms with Crippen LogP contribution in [-0.4, -0.2) is 13.6 Å². The van der Waals surface area contributed by atoms with Crippen molar-refractivity contribution in [2.24, 2.45) is 0 Å². The third-order valence-corrected chi connectivity index (χ3v) is 1.45. The number of hydrogen-bond donors (Lipinski definition) is 1. The molecule has 0 saturated carbocycles. The van der Waals surface area contributed by atoms with Crippen molar-refractivity contribution in [3.63, 3.8) is 0 Å². The van der Waals surface area contributed by atoms with Crippen molar-refractivity contribution < 1.29 is 4.39 Å². The van der Waals surface area contributed by atoms with Crippen molar-refractivity contribution >= 4 is 0 Å². The second kappa shape index (κ2) is 6.80. The smallest absolute Gasteiger partial charge is 0.125 e. The van der Waals surface area contributed by atoms with Crippen LogP contribution in [0.15, 0.2) is 36.2 Å². The van der Waals surface area contributed by atoms with Crippen LogP contribution in [0.1, 0.15) is 13.3 Å². The average Bonchev–Trinajstić information content (AvgIpc) is 2.10. The van der Waals surface area contributed by atoms with Gasteiger partial charge in [0.1, 0.15) is 5.83 Å². The Morgan fingerprint density at radius 2 is 2.25 bits per heavy atom. The summed E-state index contributed by atoms with van der Waals surface area (Å²) in [5.74, 6) is -0.233. The first-order valence-corrected chi connectivity index (χ1v) is 4.03. The molecule has 0 aliphatic heterocycles. The Balaban J connectivity index is 3.92. The molecule has 0 aromatic heterocycles. The van der Waals surface area contributed by atoms with Crippen LogP contribution in [0, 0.1) is 0 Å². The quantitative estimate of drug-likeness (QED) is 0.624. The maximum Gasteiger partial charge on any atom is 0.125 e. The lowest BCUT2D eigenvalue weighted by molar-refractivity contribution is 0.633. The van der Waals surface area contributed by atoms with Crippen LogP contribution in [0.5, 0.6) is 0 Å². The summed E-state index contributed by atoms with van der Waals surface area (Å²) >= 11 is 0. The Labute approximate surface area is 73.7 Å². The van der Waals surface area contributed by atoms with Crippen molar-refractivity contribution in [2.75, 3.05) is 13.6 Å². The van der Waals surface area contributed by atoms with Gasteiger partial charge in [0.25, 0.3) is 0 Å². The van der Waals surface area contributed by atoms with Gasteiger partial charge in [-0.25, -0.2) is 4.39 Å². The maximum atomic E-state index is 13.0. The molecule has 1 N–H and O–H groups in total. The summed E-state index contributed by atoms with van der Waals surface area (Å²) in [5, 5.41) is 2.94. The molecular weight excluding hydrogens is 153 g/mol. The van der Waals surface area contributed by atoms with E-state index in [4.69, 9.17) is 0 Å². The summed E-state index contributed by atoms with van der Waals surface area (Å²) in [6.07, 6.45) is 5.53. The largest absolute Gasteiger partial charge is 0.319 e. The predicted molar refractivity (Wildman–Crippen MR) is 51.7 cm³/mol. The minimum Gasteiger partial charge on any atom is -0.319 e. The summed E-state index contributed by atoms with van der Waals surface area (Å²) in [6.45, 7) is 6.24. The lowest BCUT2D eigenvalue weighted by Crippen LogP contribution is -2.08. The molecule has 0 atom stereocenters.